The molecule has 1 amide bonds. The first-order chi connectivity index (χ1) is 5.72. The topological polar surface area (TPSA) is 46.9 Å². The lowest BCUT2D eigenvalue weighted by molar-refractivity contribution is -0.119. The van der Waals surface area contributed by atoms with Crippen LogP contribution in [0.3, 0.4) is 0 Å². The van der Waals surface area contributed by atoms with Gasteiger partial charge in [-0.25, -0.2) is 0 Å². The van der Waals surface area contributed by atoms with E-state index in [0.717, 1.165) is 6.42 Å². The average molecular weight is 167 g/mol. The second kappa shape index (κ2) is 3.90. The lowest BCUT2D eigenvalue weighted by atomic mass is 10.3. The van der Waals surface area contributed by atoms with Crippen LogP contribution in [0, 0.1) is 0 Å². The third-order valence-electron chi connectivity index (χ3n) is 1.58. The van der Waals surface area contributed by atoms with Gasteiger partial charge in [-0.15, -0.1) is 0 Å². The summed E-state index contributed by atoms with van der Waals surface area (Å²) in [6, 6.07) is 0. The standard InChI is InChI=1S/C8H13N3O/c1-3-8-4-10-11(5-8)6-9-7(2)12/h4-5H,3,6H2,1-2H3,(H,9,12). The minimum Gasteiger partial charge on any atom is -0.337 e. The van der Waals surface area contributed by atoms with E-state index in [1.54, 1.807) is 4.68 Å². The van der Waals surface area contributed by atoms with E-state index in [1.807, 2.05) is 12.4 Å². The molecule has 1 N–H and O–H groups in total. The van der Waals surface area contributed by atoms with E-state index in [4.69, 9.17) is 0 Å². The molecule has 0 fully saturated rings. The summed E-state index contributed by atoms with van der Waals surface area (Å²) in [5, 5.41) is 6.72. The Bertz CT molecular complexity index is 267. The van der Waals surface area contributed by atoms with E-state index in [0.29, 0.717) is 6.67 Å². The highest BCUT2D eigenvalue weighted by Crippen LogP contribution is 1.96. The zero-order valence-electron chi connectivity index (χ0n) is 7.37. The number of aryl methyl sites for hydroxylation is 1. The highest BCUT2D eigenvalue weighted by atomic mass is 16.1. The molecule has 0 atom stereocenters. The average Bonchev–Trinajstić information content (AvgIpc) is 2.48. The Morgan fingerprint density at radius 2 is 2.50 bits per heavy atom. The van der Waals surface area contributed by atoms with Crippen molar-refractivity contribution in [1.29, 1.82) is 0 Å². The summed E-state index contributed by atoms with van der Waals surface area (Å²) in [6.45, 7) is 4.01. The van der Waals surface area contributed by atoms with Gasteiger partial charge in [-0.05, 0) is 12.0 Å². The fourth-order valence-electron chi connectivity index (χ4n) is 0.868. The van der Waals surface area contributed by atoms with Gasteiger partial charge in [-0.2, -0.15) is 5.10 Å². The highest BCUT2D eigenvalue weighted by Gasteiger charge is 1.95. The van der Waals surface area contributed by atoms with Crippen LogP contribution in [0.4, 0.5) is 0 Å². The monoisotopic (exact) mass is 167 g/mol. The van der Waals surface area contributed by atoms with Crippen LogP contribution in [0.25, 0.3) is 0 Å². The molecule has 1 rings (SSSR count). The molecule has 12 heavy (non-hydrogen) atoms. The quantitative estimate of drug-likeness (QED) is 0.714. The van der Waals surface area contributed by atoms with Crippen molar-refractivity contribution >= 4 is 5.91 Å². The summed E-state index contributed by atoms with van der Waals surface area (Å²) in [7, 11) is 0. The van der Waals surface area contributed by atoms with Crippen molar-refractivity contribution in [1.82, 2.24) is 15.1 Å². The first kappa shape index (κ1) is 8.77. The Hall–Kier alpha value is -1.32. The van der Waals surface area contributed by atoms with Gasteiger partial charge in [0.15, 0.2) is 0 Å². The lowest BCUT2D eigenvalue weighted by Gasteiger charge is -2.00. The maximum absolute atomic E-state index is 10.5. The minimum atomic E-state index is -0.0384. The lowest BCUT2D eigenvalue weighted by Crippen LogP contribution is -2.23. The molecule has 4 heteroatoms. The smallest absolute Gasteiger partial charge is 0.218 e. The number of rotatable bonds is 3. The molecule has 0 aromatic carbocycles. The van der Waals surface area contributed by atoms with Crippen LogP contribution < -0.4 is 5.32 Å². The van der Waals surface area contributed by atoms with Gasteiger partial charge in [0, 0.05) is 13.1 Å². The number of carbonyl (C=O) groups excluding carboxylic acids is 1. The summed E-state index contributed by atoms with van der Waals surface area (Å²) in [4.78, 5) is 10.5. The van der Waals surface area contributed by atoms with Crippen LogP contribution in [0.5, 0.6) is 0 Å². The van der Waals surface area contributed by atoms with Gasteiger partial charge in [0.2, 0.25) is 5.91 Å². The first-order valence-corrected chi connectivity index (χ1v) is 3.98. The normalized spacial score (nSPS) is 9.83. The van der Waals surface area contributed by atoms with Crippen LogP contribution >= 0.6 is 0 Å². The molecule has 4 nitrogen and oxygen atoms in total. The SMILES string of the molecule is CCc1cnn(CNC(C)=O)c1. The molecule has 1 aromatic heterocycles. The molecule has 0 aliphatic rings. The molecule has 0 spiro atoms. The molecule has 0 saturated carbocycles. The van der Waals surface area contributed by atoms with Crippen molar-refractivity contribution in [2.75, 3.05) is 0 Å². The van der Waals surface area contributed by atoms with Gasteiger partial charge in [0.25, 0.3) is 0 Å². The zero-order valence-corrected chi connectivity index (χ0v) is 7.37. The van der Waals surface area contributed by atoms with Gasteiger partial charge < -0.3 is 5.32 Å². The van der Waals surface area contributed by atoms with E-state index in [1.165, 1.54) is 12.5 Å². The van der Waals surface area contributed by atoms with Crippen molar-refractivity contribution in [3.8, 4) is 0 Å². The van der Waals surface area contributed by atoms with E-state index in [-0.39, 0.29) is 5.91 Å². The number of nitrogens with one attached hydrogen (secondary N) is 1. The van der Waals surface area contributed by atoms with Crippen molar-refractivity contribution in [2.45, 2.75) is 26.9 Å². The van der Waals surface area contributed by atoms with Crippen molar-refractivity contribution in [2.24, 2.45) is 0 Å². The summed E-state index contributed by atoms with van der Waals surface area (Å²) < 4.78 is 1.71. The second-order valence-corrected chi connectivity index (χ2v) is 2.63. The zero-order chi connectivity index (χ0) is 8.97. The molecular weight excluding hydrogens is 154 g/mol. The fourth-order valence-corrected chi connectivity index (χ4v) is 0.868. The molecule has 0 saturated heterocycles. The Labute approximate surface area is 71.6 Å². The molecule has 0 bridgehead atoms. The van der Waals surface area contributed by atoms with Gasteiger partial charge in [0.05, 0.1) is 6.20 Å². The van der Waals surface area contributed by atoms with Crippen LogP contribution in [0.2, 0.25) is 0 Å². The Kier molecular flexibility index (Phi) is 2.85. The van der Waals surface area contributed by atoms with E-state index in [2.05, 4.69) is 17.3 Å². The first-order valence-electron chi connectivity index (χ1n) is 3.98. The predicted octanol–water partition coefficient (Wildman–Crippen LogP) is 0.539. The van der Waals surface area contributed by atoms with Crippen LogP contribution in [-0.4, -0.2) is 15.7 Å². The van der Waals surface area contributed by atoms with Gasteiger partial charge in [0.1, 0.15) is 6.67 Å². The predicted molar refractivity (Wildman–Crippen MR) is 45.4 cm³/mol. The maximum Gasteiger partial charge on any atom is 0.218 e. The fraction of sp³-hybridized carbons (Fsp3) is 0.500. The third-order valence-corrected chi connectivity index (χ3v) is 1.58. The minimum absolute atomic E-state index is 0.0384. The van der Waals surface area contributed by atoms with E-state index in [9.17, 15) is 4.79 Å². The van der Waals surface area contributed by atoms with Gasteiger partial charge in [-0.1, -0.05) is 6.92 Å². The Morgan fingerprint density at radius 3 is 3.00 bits per heavy atom. The summed E-state index contributed by atoms with van der Waals surface area (Å²) in [5.74, 6) is -0.0384. The van der Waals surface area contributed by atoms with Crippen LogP contribution in [0.15, 0.2) is 12.4 Å². The molecular formula is C8H13N3O. The molecule has 0 radical (unpaired) electrons. The summed E-state index contributed by atoms with van der Waals surface area (Å²) in [6.07, 6.45) is 4.71. The van der Waals surface area contributed by atoms with Crippen molar-refractivity contribution in [3.05, 3.63) is 18.0 Å². The van der Waals surface area contributed by atoms with Gasteiger partial charge >= 0.3 is 0 Å². The number of amides is 1. The van der Waals surface area contributed by atoms with Crippen LogP contribution in [-0.2, 0) is 17.9 Å². The molecule has 0 aliphatic heterocycles. The van der Waals surface area contributed by atoms with E-state index >= 15 is 0 Å². The van der Waals surface area contributed by atoms with Gasteiger partial charge in [-0.3, -0.25) is 9.48 Å². The second-order valence-electron chi connectivity index (χ2n) is 2.63. The number of hydrogen-bond acceptors (Lipinski definition) is 2. The van der Waals surface area contributed by atoms with E-state index < -0.39 is 0 Å². The number of aromatic nitrogens is 2. The number of hydrogen-bond donors (Lipinski definition) is 1. The van der Waals surface area contributed by atoms with Crippen molar-refractivity contribution in [3.63, 3.8) is 0 Å². The molecule has 1 aromatic rings. The van der Waals surface area contributed by atoms with Crippen LogP contribution in [0.1, 0.15) is 19.4 Å². The Morgan fingerprint density at radius 1 is 1.75 bits per heavy atom. The summed E-state index contributed by atoms with van der Waals surface area (Å²) >= 11 is 0. The molecule has 66 valence electrons. The highest BCUT2D eigenvalue weighted by molar-refractivity contribution is 5.72. The number of carbonyl (C=O) groups is 1. The maximum atomic E-state index is 10.5. The Balaban J connectivity index is 2.47. The number of nitrogens with zero attached hydrogens (tertiary/aromatic N) is 2. The summed E-state index contributed by atoms with van der Waals surface area (Å²) in [5.41, 5.74) is 1.18. The van der Waals surface area contributed by atoms with Crippen molar-refractivity contribution < 1.29 is 4.79 Å². The molecule has 0 aliphatic carbocycles. The molecule has 0 unspecified atom stereocenters. The molecule has 1 heterocycles. The largest absolute Gasteiger partial charge is 0.337 e. The third kappa shape index (κ3) is 2.38.